The maximum atomic E-state index is 12.6. The monoisotopic (exact) mass is 330 g/mol. The van der Waals surface area contributed by atoms with Crippen molar-refractivity contribution in [3.05, 3.63) is 49.8 Å². The van der Waals surface area contributed by atoms with Gasteiger partial charge in [-0.2, -0.15) is 4.68 Å². The maximum absolute atomic E-state index is 12.6. The van der Waals surface area contributed by atoms with Gasteiger partial charge in [0.1, 0.15) is 0 Å². The summed E-state index contributed by atoms with van der Waals surface area (Å²) in [7, 11) is 3.40. The number of carbonyl (C=O) groups excluding carboxylic acids is 1. The van der Waals surface area contributed by atoms with E-state index in [0.29, 0.717) is 9.33 Å². The van der Waals surface area contributed by atoms with Crippen LogP contribution in [0.25, 0.3) is 6.08 Å². The van der Waals surface area contributed by atoms with Gasteiger partial charge >= 0.3 is 6.03 Å². The van der Waals surface area contributed by atoms with Crippen LogP contribution in [0.15, 0.2) is 34.3 Å². The fourth-order valence-corrected chi connectivity index (χ4v) is 3.69. The zero-order chi connectivity index (χ0) is 16.1. The lowest BCUT2D eigenvalue weighted by Gasteiger charge is -2.26. The van der Waals surface area contributed by atoms with E-state index in [9.17, 15) is 9.59 Å². The molecule has 0 aromatic carbocycles. The molecule has 4 heterocycles. The van der Waals surface area contributed by atoms with Crippen molar-refractivity contribution in [1.29, 1.82) is 0 Å². The lowest BCUT2D eigenvalue weighted by atomic mass is 10.3. The number of urea groups is 1. The van der Waals surface area contributed by atoms with Crippen molar-refractivity contribution >= 4 is 23.4 Å². The molecule has 0 aliphatic carbocycles. The highest BCUT2D eigenvalue weighted by Gasteiger charge is 2.44. The quantitative estimate of drug-likeness (QED) is 0.724. The van der Waals surface area contributed by atoms with E-state index in [2.05, 4.69) is 15.4 Å². The number of nitrogens with zero attached hydrogens (tertiary/aromatic N) is 5. The van der Waals surface area contributed by atoms with Crippen LogP contribution in [0, 0.1) is 0 Å². The highest BCUT2D eigenvalue weighted by Crippen LogP contribution is 2.20. The van der Waals surface area contributed by atoms with Gasteiger partial charge in [-0.05, 0) is 17.7 Å². The summed E-state index contributed by atoms with van der Waals surface area (Å²) in [6.07, 6.45) is 4.49. The van der Waals surface area contributed by atoms with Crippen LogP contribution in [-0.4, -0.2) is 51.9 Å². The number of pyridine rings is 1. The molecule has 0 spiro atoms. The number of likely N-dealkylation sites (N-methyl/N-ethyl adjacent to an activating group) is 2. The molecule has 118 valence electrons. The van der Waals surface area contributed by atoms with Gasteiger partial charge in [0.05, 0.1) is 4.53 Å². The minimum atomic E-state index is -0.349. The molecule has 0 saturated carbocycles. The molecular formula is C14H14N6O2S. The smallest absolute Gasteiger partial charge is 0.302 e. The van der Waals surface area contributed by atoms with Crippen molar-refractivity contribution in [2.75, 3.05) is 19.5 Å². The average Bonchev–Trinajstić information content (AvgIpc) is 2.97. The Morgan fingerprint density at radius 1 is 1.30 bits per heavy atom. The number of nitrogens with one attached hydrogen (secondary N) is 1. The summed E-state index contributed by atoms with van der Waals surface area (Å²) in [4.78, 5) is 36.8. The first-order valence-corrected chi connectivity index (χ1v) is 7.85. The summed E-state index contributed by atoms with van der Waals surface area (Å²) in [5.74, 6) is 0. The number of carbonyl (C=O) groups is 1. The molecule has 2 atom stereocenters. The van der Waals surface area contributed by atoms with Crippen molar-refractivity contribution in [2.45, 2.75) is 12.3 Å². The van der Waals surface area contributed by atoms with Crippen molar-refractivity contribution in [3.63, 3.8) is 0 Å². The van der Waals surface area contributed by atoms with Crippen molar-refractivity contribution in [1.82, 2.24) is 19.5 Å². The van der Waals surface area contributed by atoms with E-state index in [1.54, 1.807) is 42.4 Å². The zero-order valence-electron chi connectivity index (χ0n) is 12.5. The van der Waals surface area contributed by atoms with Gasteiger partial charge in [-0.3, -0.25) is 15.2 Å². The number of rotatable bonds is 1. The standard InChI is InChI=1S/C14H14N6O2S/c1-18-10-11(19(2)14(18)22)17-20-12(21)9(23-13(20)16-10)6-8-4-3-5-15-7-8/h3-7,10-11,17H,1-2H3/b9-6-. The Bertz CT molecular complexity index is 950. The molecule has 0 radical (unpaired) electrons. The summed E-state index contributed by atoms with van der Waals surface area (Å²) < 4.78 is 1.98. The van der Waals surface area contributed by atoms with Gasteiger partial charge in [0.25, 0.3) is 5.56 Å². The molecule has 2 aliphatic rings. The highest BCUT2D eigenvalue weighted by atomic mass is 32.1. The minimum absolute atomic E-state index is 0.124. The predicted molar refractivity (Wildman–Crippen MR) is 85.0 cm³/mol. The van der Waals surface area contributed by atoms with E-state index >= 15 is 0 Å². The molecule has 2 unspecified atom stereocenters. The third-order valence-electron chi connectivity index (χ3n) is 3.99. The first-order valence-electron chi connectivity index (χ1n) is 7.04. The summed E-state index contributed by atoms with van der Waals surface area (Å²) in [6.45, 7) is 0. The number of fused-ring (bicyclic) bond motifs is 2. The largest absolute Gasteiger partial charge is 0.323 e. The Morgan fingerprint density at radius 3 is 2.87 bits per heavy atom. The summed E-state index contributed by atoms with van der Waals surface area (Å²) in [6, 6.07) is 3.58. The molecular weight excluding hydrogens is 316 g/mol. The topological polar surface area (TPSA) is 82.8 Å². The number of hydrogen-bond acceptors (Lipinski definition) is 6. The Labute approximate surface area is 135 Å². The SMILES string of the molecule is CN1C(=O)N(C)C2Nn3c(s/c(=C\c4cccnc4)c3=O)=NC21. The molecule has 1 saturated heterocycles. The van der Waals surface area contributed by atoms with E-state index in [-0.39, 0.29) is 23.9 Å². The Kier molecular flexibility index (Phi) is 2.98. The van der Waals surface area contributed by atoms with Gasteiger partial charge in [0.2, 0.25) is 4.80 Å². The maximum Gasteiger partial charge on any atom is 0.323 e. The molecule has 2 aliphatic heterocycles. The van der Waals surface area contributed by atoms with Gasteiger partial charge < -0.3 is 9.80 Å². The Hall–Kier alpha value is -2.68. The molecule has 2 amide bonds. The predicted octanol–water partition coefficient (Wildman–Crippen LogP) is -1.04. The zero-order valence-corrected chi connectivity index (χ0v) is 13.3. The van der Waals surface area contributed by atoms with Gasteiger partial charge in [-0.15, -0.1) is 0 Å². The molecule has 1 fully saturated rings. The lowest BCUT2D eigenvalue weighted by Crippen LogP contribution is -2.54. The van der Waals surface area contributed by atoms with Crippen LogP contribution in [0.3, 0.4) is 0 Å². The van der Waals surface area contributed by atoms with Crippen LogP contribution >= 0.6 is 11.3 Å². The fraction of sp³-hybridized carbons (Fsp3) is 0.286. The van der Waals surface area contributed by atoms with Crippen molar-refractivity contribution < 1.29 is 4.79 Å². The van der Waals surface area contributed by atoms with E-state index in [4.69, 9.17) is 0 Å². The third kappa shape index (κ3) is 2.04. The normalized spacial score (nSPS) is 23.4. The molecule has 4 rings (SSSR count). The minimum Gasteiger partial charge on any atom is -0.302 e. The fourth-order valence-electron chi connectivity index (χ4n) is 2.74. The lowest BCUT2D eigenvalue weighted by molar-refractivity contribution is 0.200. The van der Waals surface area contributed by atoms with Gasteiger partial charge in [0, 0.05) is 26.5 Å². The molecule has 23 heavy (non-hydrogen) atoms. The van der Waals surface area contributed by atoms with Gasteiger partial charge in [0.15, 0.2) is 12.3 Å². The van der Waals surface area contributed by atoms with Crippen LogP contribution in [0.4, 0.5) is 4.79 Å². The first kappa shape index (κ1) is 13.9. The number of amides is 2. The van der Waals surface area contributed by atoms with Crippen LogP contribution in [0.5, 0.6) is 0 Å². The second-order valence-corrected chi connectivity index (χ2v) is 6.45. The molecule has 1 N–H and O–H groups in total. The van der Waals surface area contributed by atoms with Gasteiger partial charge in [-0.25, -0.2) is 9.79 Å². The second-order valence-electron chi connectivity index (χ2n) is 5.44. The highest BCUT2D eigenvalue weighted by molar-refractivity contribution is 7.07. The molecule has 0 bridgehead atoms. The number of aromatic nitrogens is 2. The molecule has 9 heteroatoms. The summed E-state index contributed by atoms with van der Waals surface area (Å²) in [5, 5.41) is 0. The van der Waals surface area contributed by atoms with Crippen LogP contribution < -0.4 is 20.3 Å². The molecule has 2 aromatic heterocycles. The van der Waals surface area contributed by atoms with Crippen molar-refractivity contribution in [3.8, 4) is 0 Å². The van der Waals surface area contributed by atoms with E-state index in [1.165, 1.54) is 16.0 Å². The van der Waals surface area contributed by atoms with E-state index in [1.807, 2.05) is 12.1 Å². The van der Waals surface area contributed by atoms with Crippen molar-refractivity contribution in [2.24, 2.45) is 4.99 Å². The second kappa shape index (κ2) is 4.92. The Balaban J connectivity index is 1.84. The number of thiazole rings is 1. The molecule has 2 aromatic rings. The average molecular weight is 330 g/mol. The van der Waals surface area contributed by atoms with Gasteiger partial charge in [-0.1, -0.05) is 17.4 Å². The van der Waals surface area contributed by atoms with Crippen LogP contribution in [0.1, 0.15) is 5.56 Å². The Morgan fingerprint density at radius 2 is 2.13 bits per heavy atom. The third-order valence-corrected chi connectivity index (χ3v) is 4.98. The van der Waals surface area contributed by atoms with Crippen LogP contribution in [0.2, 0.25) is 0 Å². The van der Waals surface area contributed by atoms with E-state index in [0.717, 1.165) is 5.56 Å². The summed E-state index contributed by atoms with van der Waals surface area (Å²) in [5.41, 5.74) is 3.77. The molecule has 8 nitrogen and oxygen atoms in total. The summed E-state index contributed by atoms with van der Waals surface area (Å²) >= 11 is 1.29. The van der Waals surface area contributed by atoms with Crippen LogP contribution in [-0.2, 0) is 0 Å². The number of hydrogen-bond donors (Lipinski definition) is 1. The van der Waals surface area contributed by atoms with E-state index < -0.39 is 0 Å². The first-order chi connectivity index (χ1) is 11.1.